The summed E-state index contributed by atoms with van der Waals surface area (Å²) >= 11 is 0. The van der Waals surface area contributed by atoms with Gasteiger partial charge in [0.1, 0.15) is 5.75 Å². The number of piperidine rings is 1. The second kappa shape index (κ2) is 9.16. The van der Waals surface area contributed by atoms with E-state index in [1.165, 1.54) is 0 Å². The number of carbonyl (C=O) groups is 2. The van der Waals surface area contributed by atoms with E-state index in [1.807, 2.05) is 19.1 Å². The first-order valence-electron chi connectivity index (χ1n) is 9.07. The number of aromatic nitrogens is 1. The molecule has 0 bridgehead atoms. The molecular formula is C20H22FN3O4. The Morgan fingerprint density at radius 2 is 1.93 bits per heavy atom. The Balaban J connectivity index is 1.53. The molecule has 0 atom stereocenters. The van der Waals surface area contributed by atoms with Crippen molar-refractivity contribution in [3.63, 3.8) is 0 Å². The van der Waals surface area contributed by atoms with Gasteiger partial charge in [0, 0.05) is 47.3 Å². The van der Waals surface area contributed by atoms with Gasteiger partial charge in [0.25, 0.3) is 0 Å². The first kappa shape index (κ1) is 19.6. The van der Waals surface area contributed by atoms with Crippen molar-refractivity contribution in [2.24, 2.45) is 5.92 Å². The van der Waals surface area contributed by atoms with Crippen LogP contribution in [-0.2, 0) is 14.5 Å². The number of carbonyl (C=O) groups excluding carboxylic acids is 2. The van der Waals surface area contributed by atoms with Gasteiger partial charge < -0.3 is 15.0 Å². The summed E-state index contributed by atoms with van der Waals surface area (Å²) in [6, 6.07) is 8.93. The van der Waals surface area contributed by atoms with E-state index in [2.05, 4.69) is 20.1 Å². The van der Waals surface area contributed by atoms with Crippen LogP contribution in [0.15, 0.2) is 42.7 Å². The largest absolute Gasteiger partial charge is 0.482 e. The molecule has 3 rings (SSSR count). The molecule has 0 saturated carbocycles. The molecule has 8 heteroatoms. The summed E-state index contributed by atoms with van der Waals surface area (Å²) in [5.74, 6) is -0.764. The summed E-state index contributed by atoms with van der Waals surface area (Å²) in [7, 11) is 0. The van der Waals surface area contributed by atoms with Crippen LogP contribution in [0.4, 0.5) is 15.9 Å². The minimum Gasteiger partial charge on any atom is -0.482 e. The third kappa shape index (κ3) is 4.97. The fourth-order valence-electron chi connectivity index (χ4n) is 3.22. The molecule has 28 heavy (non-hydrogen) atoms. The number of nitrogens with one attached hydrogen (secondary N) is 1. The van der Waals surface area contributed by atoms with Crippen molar-refractivity contribution >= 4 is 23.3 Å². The lowest BCUT2D eigenvalue weighted by Gasteiger charge is -2.33. The fraction of sp³-hybridized carbons (Fsp3) is 0.350. The standard InChI is InChI=1S/C20H22FN3O4/c1-14-12-17(27-13-19(25)28-21)2-3-18(14)23-20(26)15-6-10-24(11-7-15)16-4-8-22-9-5-16/h2-5,8-9,12,15H,6-7,10-11,13H2,1H3,(H,23,26). The highest BCUT2D eigenvalue weighted by Gasteiger charge is 2.25. The fourth-order valence-corrected chi connectivity index (χ4v) is 3.22. The number of halogens is 1. The highest BCUT2D eigenvalue weighted by atomic mass is 19.3. The number of hydrogen-bond acceptors (Lipinski definition) is 6. The molecule has 148 valence electrons. The number of aryl methyl sites for hydroxylation is 1. The van der Waals surface area contributed by atoms with Crippen molar-refractivity contribution in [1.29, 1.82) is 0 Å². The number of hydrogen-bond donors (Lipinski definition) is 1. The smallest absolute Gasteiger partial charge is 0.385 e. The Kier molecular flexibility index (Phi) is 6.41. The highest BCUT2D eigenvalue weighted by Crippen LogP contribution is 2.26. The highest BCUT2D eigenvalue weighted by molar-refractivity contribution is 5.93. The van der Waals surface area contributed by atoms with Crippen LogP contribution in [0.1, 0.15) is 18.4 Å². The van der Waals surface area contributed by atoms with Crippen LogP contribution in [-0.4, -0.2) is 36.6 Å². The molecule has 1 saturated heterocycles. The monoisotopic (exact) mass is 387 g/mol. The van der Waals surface area contributed by atoms with Gasteiger partial charge in [-0.2, -0.15) is 0 Å². The molecule has 1 fully saturated rings. The minimum atomic E-state index is -1.10. The Morgan fingerprint density at radius 1 is 1.21 bits per heavy atom. The predicted octanol–water partition coefficient (Wildman–Crippen LogP) is 3.05. The summed E-state index contributed by atoms with van der Waals surface area (Å²) in [6.45, 7) is 2.94. The van der Waals surface area contributed by atoms with Crippen molar-refractivity contribution < 1.29 is 23.8 Å². The van der Waals surface area contributed by atoms with Gasteiger partial charge in [-0.25, -0.2) is 4.79 Å². The first-order chi connectivity index (χ1) is 13.6. The molecule has 0 aliphatic carbocycles. The molecule has 1 aromatic heterocycles. The van der Waals surface area contributed by atoms with E-state index in [4.69, 9.17) is 4.74 Å². The van der Waals surface area contributed by atoms with Crippen LogP contribution < -0.4 is 15.0 Å². The van der Waals surface area contributed by atoms with Crippen molar-refractivity contribution in [3.05, 3.63) is 48.3 Å². The van der Waals surface area contributed by atoms with Gasteiger partial charge in [0.15, 0.2) is 6.61 Å². The Bertz CT molecular complexity index is 823. The second-order valence-corrected chi connectivity index (χ2v) is 6.67. The molecule has 0 unspecified atom stereocenters. The van der Waals surface area contributed by atoms with Gasteiger partial charge in [-0.3, -0.25) is 14.7 Å². The van der Waals surface area contributed by atoms with Crippen LogP contribution >= 0.6 is 0 Å². The summed E-state index contributed by atoms with van der Waals surface area (Å²) < 4.78 is 16.8. The normalized spacial score (nSPS) is 14.4. The first-order valence-corrected chi connectivity index (χ1v) is 9.07. The Hall–Kier alpha value is -3.16. The van der Waals surface area contributed by atoms with Crippen molar-refractivity contribution in [1.82, 2.24) is 4.98 Å². The van der Waals surface area contributed by atoms with Crippen LogP contribution in [0.25, 0.3) is 0 Å². The molecule has 1 aliphatic heterocycles. The zero-order chi connectivity index (χ0) is 19.9. The van der Waals surface area contributed by atoms with E-state index in [9.17, 15) is 14.1 Å². The average molecular weight is 387 g/mol. The lowest BCUT2D eigenvalue weighted by molar-refractivity contribution is -0.185. The Labute approximate surface area is 162 Å². The number of nitrogens with zero attached hydrogens (tertiary/aromatic N) is 2. The lowest BCUT2D eigenvalue weighted by atomic mass is 9.95. The zero-order valence-electron chi connectivity index (χ0n) is 15.6. The molecule has 2 heterocycles. The SMILES string of the molecule is Cc1cc(OCC(=O)OF)ccc1NC(=O)C1CCN(c2ccncc2)CC1. The maximum Gasteiger partial charge on any atom is 0.385 e. The maximum absolute atomic E-state index is 12.6. The number of amides is 1. The quantitative estimate of drug-likeness (QED) is 0.821. The van der Waals surface area contributed by atoms with Gasteiger partial charge in [0.05, 0.1) is 0 Å². The molecule has 1 aromatic carbocycles. The topological polar surface area (TPSA) is 80.8 Å². The van der Waals surface area contributed by atoms with E-state index in [1.54, 1.807) is 30.6 Å². The van der Waals surface area contributed by atoms with Crippen molar-refractivity contribution in [2.45, 2.75) is 19.8 Å². The van der Waals surface area contributed by atoms with Crippen molar-refractivity contribution in [2.75, 3.05) is 29.9 Å². The van der Waals surface area contributed by atoms with E-state index < -0.39 is 12.6 Å². The molecule has 7 nitrogen and oxygen atoms in total. The van der Waals surface area contributed by atoms with Gasteiger partial charge in [-0.05, 0) is 55.7 Å². The number of pyridine rings is 1. The van der Waals surface area contributed by atoms with Crippen LogP contribution in [0, 0.1) is 12.8 Å². The van der Waals surface area contributed by atoms with Gasteiger partial charge in [-0.1, -0.05) is 0 Å². The molecule has 1 amide bonds. The van der Waals surface area contributed by atoms with Gasteiger partial charge >= 0.3 is 5.97 Å². The molecule has 1 N–H and O–H groups in total. The molecular weight excluding hydrogens is 365 g/mol. The number of benzene rings is 1. The van der Waals surface area contributed by atoms with Crippen LogP contribution in [0.3, 0.4) is 0 Å². The number of ether oxygens (including phenoxy) is 1. The summed E-state index contributed by atoms with van der Waals surface area (Å²) in [4.78, 5) is 32.8. The third-order valence-corrected chi connectivity index (χ3v) is 4.79. The Morgan fingerprint density at radius 3 is 2.57 bits per heavy atom. The minimum absolute atomic E-state index is 0.00727. The third-order valence-electron chi connectivity index (χ3n) is 4.79. The maximum atomic E-state index is 12.6. The summed E-state index contributed by atoms with van der Waals surface area (Å²) in [5, 5.41) is 2.96. The van der Waals surface area contributed by atoms with Crippen LogP contribution in [0.2, 0.25) is 0 Å². The lowest BCUT2D eigenvalue weighted by Crippen LogP contribution is -2.38. The summed E-state index contributed by atoms with van der Waals surface area (Å²) in [6.07, 6.45) is 5.09. The zero-order valence-corrected chi connectivity index (χ0v) is 15.6. The average Bonchev–Trinajstić information content (AvgIpc) is 2.74. The van der Waals surface area contributed by atoms with E-state index in [-0.39, 0.29) is 11.8 Å². The number of anilines is 2. The second-order valence-electron chi connectivity index (χ2n) is 6.67. The van der Waals surface area contributed by atoms with Crippen molar-refractivity contribution in [3.8, 4) is 5.75 Å². The molecule has 0 spiro atoms. The van der Waals surface area contributed by atoms with Gasteiger partial charge in [-0.15, -0.1) is 0 Å². The number of rotatable bonds is 6. The summed E-state index contributed by atoms with van der Waals surface area (Å²) in [5.41, 5.74) is 2.59. The molecule has 2 aromatic rings. The van der Waals surface area contributed by atoms with Crippen LogP contribution in [0.5, 0.6) is 5.75 Å². The van der Waals surface area contributed by atoms with E-state index in [0.717, 1.165) is 37.2 Å². The van der Waals surface area contributed by atoms with E-state index in [0.29, 0.717) is 11.4 Å². The molecule has 0 radical (unpaired) electrons. The molecule has 1 aliphatic rings. The van der Waals surface area contributed by atoms with E-state index >= 15 is 0 Å². The predicted molar refractivity (Wildman–Crippen MR) is 102 cm³/mol. The van der Waals surface area contributed by atoms with Gasteiger partial charge in [0.2, 0.25) is 5.91 Å².